The third-order valence-electron chi connectivity index (χ3n) is 2.07. The lowest BCUT2D eigenvalue weighted by Crippen LogP contribution is -2.13. The SMILES string of the molecule is O=C(Nc1ccsc1Cl)OCc1ccccc1. The normalized spacial score (nSPS) is 9.94. The molecule has 0 aliphatic carbocycles. The Kier molecular flexibility index (Phi) is 4.01. The van der Waals surface area contributed by atoms with Crippen molar-refractivity contribution in [3.63, 3.8) is 0 Å². The van der Waals surface area contributed by atoms with Gasteiger partial charge in [-0.15, -0.1) is 11.3 Å². The van der Waals surface area contributed by atoms with E-state index in [4.69, 9.17) is 16.3 Å². The molecule has 0 bridgehead atoms. The van der Waals surface area contributed by atoms with Crippen LogP contribution in [-0.4, -0.2) is 6.09 Å². The minimum Gasteiger partial charge on any atom is -0.444 e. The van der Waals surface area contributed by atoms with Crippen molar-refractivity contribution in [3.8, 4) is 0 Å². The molecule has 1 aromatic carbocycles. The summed E-state index contributed by atoms with van der Waals surface area (Å²) in [5, 5.41) is 4.38. The molecule has 0 saturated heterocycles. The topological polar surface area (TPSA) is 38.3 Å². The van der Waals surface area contributed by atoms with Crippen LogP contribution in [0.25, 0.3) is 0 Å². The van der Waals surface area contributed by atoms with E-state index in [1.807, 2.05) is 30.3 Å². The van der Waals surface area contributed by atoms with Gasteiger partial charge in [-0.05, 0) is 17.0 Å². The molecule has 1 N–H and O–H groups in total. The Hall–Kier alpha value is -1.52. The van der Waals surface area contributed by atoms with Crippen molar-refractivity contribution < 1.29 is 9.53 Å². The van der Waals surface area contributed by atoms with Crippen molar-refractivity contribution in [2.75, 3.05) is 5.32 Å². The number of hydrogen-bond donors (Lipinski definition) is 1. The van der Waals surface area contributed by atoms with E-state index in [1.165, 1.54) is 11.3 Å². The lowest BCUT2D eigenvalue weighted by atomic mass is 10.2. The molecule has 0 radical (unpaired) electrons. The molecule has 1 amide bonds. The van der Waals surface area contributed by atoms with Crippen molar-refractivity contribution in [1.29, 1.82) is 0 Å². The standard InChI is InChI=1S/C12H10ClNO2S/c13-11-10(6-7-17-11)14-12(15)16-8-9-4-2-1-3-5-9/h1-7H,8H2,(H,14,15). The minimum absolute atomic E-state index is 0.244. The largest absolute Gasteiger partial charge is 0.444 e. The quantitative estimate of drug-likeness (QED) is 0.907. The number of benzene rings is 1. The van der Waals surface area contributed by atoms with Crippen molar-refractivity contribution in [1.82, 2.24) is 0 Å². The Bertz CT molecular complexity index is 498. The average Bonchev–Trinajstić information content (AvgIpc) is 2.74. The summed E-state index contributed by atoms with van der Waals surface area (Å²) in [5.41, 5.74) is 1.52. The number of thiophene rings is 1. The van der Waals surface area contributed by atoms with Gasteiger partial charge >= 0.3 is 6.09 Å². The number of carbonyl (C=O) groups is 1. The molecule has 2 aromatic rings. The predicted octanol–water partition coefficient (Wildman–Crippen LogP) is 4.15. The van der Waals surface area contributed by atoms with Gasteiger partial charge in [0.05, 0.1) is 5.69 Å². The van der Waals surface area contributed by atoms with Crippen molar-refractivity contribution in [2.45, 2.75) is 6.61 Å². The monoisotopic (exact) mass is 267 g/mol. The maximum atomic E-state index is 11.4. The molecule has 5 heteroatoms. The molecular formula is C12H10ClNO2S. The van der Waals surface area contributed by atoms with Crippen molar-refractivity contribution >= 4 is 34.7 Å². The molecule has 0 aliphatic rings. The van der Waals surface area contributed by atoms with Crippen LogP contribution in [0.5, 0.6) is 0 Å². The first-order chi connectivity index (χ1) is 8.25. The van der Waals surface area contributed by atoms with E-state index in [2.05, 4.69) is 5.32 Å². The van der Waals surface area contributed by atoms with Crippen LogP contribution < -0.4 is 5.32 Å². The molecule has 1 aromatic heterocycles. The van der Waals surface area contributed by atoms with E-state index in [1.54, 1.807) is 11.4 Å². The molecule has 0 saturated carbocycles. The smallest absolute Gasteiger partial charge is 0.412 e. The second-order valence-electron chi connectivity index (χ2n) is 3.29. The Morgan fingerprint density at radius 1 is 1.29 bits per heavy atom. The highest BCUT2D eigenvalue weighted by Crippen LogP contribution is 2.27. The summed E-state index contributed by atoms with van der Waals surface area (Å²) in [6.07, 6.45) is -0.505. The summed E-state index contributed by atoms with van der Waals surface area (Å²) in [7, 11) is 0. The van der Waals surface area contributed by atoms with E-state index >= 15 is 0 Å². The summed E-state index contributed by atoms with van der Waals surface area (Å²) in [4.78, 5) is 11.4. The molecule has 88 valence electrons. The molecule has 0 spiro atoms. The number of hydrogen-bond acceptors (Lipinski definition) is 3. The molecule has 1 heterocycles. The number of halogens is 1. The van der Waals surface area contributed by atoms with Gasteiger partial charge in [0.1, 0.15) is 10.9 Å². The first-order valence-corrected chi connectivity index (χ1v) is 6.22. The number of anilines is 1. The second kappa shape index (κ2) is 5.70. The number of carbonyl (C=O) groups excluding carboxylic acids is 1. The Morgan fingerprint density at radius 3 is 2.71 bits per heavy atom. The first-order valence-electron chi connectivity index (χ1n) is 4.96. The van der Waals surface area contributed by atoms with E-state index in [0.29, 0.717) is 10.0 Å². The Morgan fingerprint density at radius 2 is 2.06 bits per heavy atom. The lowest BCUT2D eigenvalue weighted by Gasteiger charge is -2.05. The van der Waals surface area contributed by atoms with Gasteiger partial charge in [-0.2, -0.15) is 0 Å². The zero-order chi connectivity index (χ0) is 12.1. The predicted molar refractivity (Wildman–Crippen MR) is 69.6 cm³/mol. The summed E-state index contributed by atoms with van der Waals surface area (Å²) in [5.74, 6) is 0. The first kappa shape index (κ1) is 12.0. The van der Waals surface area contributed by atoms with Gasteiger partial charge in [-0.25, -0.2) is 4.79 Å². The molecular weight excluding hydrogens is 258 g/mol. The van der Waals surface area contributed by atoms with Crippen LogP contribution in [0.15, 0.2) is 41.8 Å². The summed E-state index contributed by atoms with van der Waals surface area (Å²) < 4.78 is 5.60. The van der Waals surface area contributed by atoms with Crippen LogP contribution >= 0.6 is 22.9 Å². The summed E-state index contributed by atoms with van der Waals surface area (Å²) in [6, 6.07) is 11.2. The van der Waals surface area contributed by atoms with Crippen LogP contribution in [0.2, 0.25) is 4.34 Å². The molecule has 17 heavy (non-hydrogen) atoms. The average molecular weight is 268 g/mol. The van der Waals surface area contributed by atoms with Gasteiger partial charge in [0.15, 0.2) is 0 Å². The maximum Gasteiger partial charge on any atom is 0.412 e. The fraction of sp³-hybridized carbons (Fsp3) is 0.0833. The molecule has 0 aliphatic heterocycles. The van der Waals surface area contributed by atoms with Gasteiger partial charge in [-0.1, -0.05) is 41.9 Å². The number of amides is 1. The van der Waals surface area contributed by atoms with Crippen LogP contribution in [-0.2, 0) is 11.3 Å². The highest BCUT2D eigenvalue weighted by molar-refractivity contribution is 7.15. The fourth-order valence-corrected chi connectivity index (χ4v) is 2.08. The third-order valence-corrected chi connectivity index (χ3v) is 3.24. The second-order valence-corrected chi connectivity index (χ2v) is 4.81. The van der Waals surface area contributed by atoms with Crippen molar-refractivity contribution in [2.24, 2.45) is 0 Å². The van der Waals surface area contributed by atoms with Gasteiger partial charge in [-0.3, -0.25) is 5.32 Å². The highest BCUT2D eigenvalue weighted by atomic mass is 35.5. The van der Waals surface area contributed by atoms with Gasteiger partial charge in [0.2, 0.25) is 0 Å². The zero-order valence-corrected chi connectivity index (χ0v) is 10.4. The molecule has 3 nitrogen and oxygen atoms in total. The van der Waals surface area contributed by atoms with Crippen LogP contribution in [0.3, 0.4) is 0 Å². The van der Waals surface area contributed by atoms with Gasteiger partial charge < -0.3 is 4.74 Å². The molecule has 0 atom stereocenters. The number of rotatable bonds is 3. The maximum absolute atomic E-state index is 11.4. The Balaban J connectivity index is 1.85. The van der Waals surface area contributed by atoms with E-state index in [-0.39, 0.29) is 6.61 Å². The van der Waals surface area contributed by atoms with Crippen LogP contribution in [0.4, 0.5) is 10.5 Å². The van der Waals surface area contributed by atoms with Crippen molar-refractivity contribution in [3.05, 3.63) is 51.7 Å². The van der Waals surface area contributed by atoms with E-state index < -0.39 is 6.09 Å². The van der Waals surface area contributed by atoms with Crippen LogP contribution in [0.1, 0.15) is 5.56 Å². The molecule has 0 unspecified atom stereocenters. The van der Waals surface area contributed by atoms with E-state index in [9.17, 15) is 4.79 Å². The summed E-state index contributed by atoms with van der Waals surface area (Å²) in [6.45, 7) is 0.244. The number of nitrogens with one attached hydrogen (secondary N) is 1. The minimum atomic E-state index is -0.505. The van der Waals surface area contributed by atoms with Gasteiger partial charge in [0.25, 0.3) is 0 Å². The summed E-state index contributed by atoms with van der Waals surface area (Å²) >= 11 is 7.21. The molecule has 0 fully saturated rings. The highest BCUT2D eigenvalue weighted by Gasteiger charge is 2.07. The van der Waals surface area contributed by atoms with Gasteiger partial charge in [0, 0.05) is 0 Å². The zero-order valence-electron chi connectivity index (χ0n) is 8.85. The number of ether oxygens (including phenoxy) is 1. The Labute approximate surface area is 108 Å². The van der Waals surface area contributed by atoms with Crippen LogP contribution in [0, 0.1) is 0 Å². The lowest BCUT2D eigenvalue weighted by molar-refractivity contribution is 0.155. The fourth-order valence-electron chi connectivity index (χ4n) is 1.25. The molecule has 2 rings (SSSR count). The van der Waals surface area contributed by atoms with E-state index in [0.717, 1.165) is 5.56 Å². The third kappa shape index (κ3) is 3.47.